The van der Waals surface area contributed by atoms with Gasteiger partial charge in [0.15, 0.2) is 0 Å². The van der Waals surface area contributed by atoms with Crippen molar-refractivity contribution in [1.82, 2.24) is 0 Å². The summed E-state index contributed by atoms with van der Waals surface area (Å²) in [6.07, 6.45) is 20.3. The maximum Gasteiger partial charge on any atom is 0.0787 e. The van der Waals surface area contributed by atoms with E-state index >= 15 is 0 Å². The summed E-state index contributed by atoms with van der Waals surface area (Å²) < 4.78 is 0. The smallest absolute Gasteiger partial charge is 0.0787 e. The molecular formula is C27H40O2. The maximum absolute atomic E-state index is 10.2. The van der Waals surface area contributed by atoms with Crippen LogP contribution in [0.25, 0.3) is 0 Å². The molecule has 29 heavy (non-hydrogen) atoms. The molecule has 0 bridgehead atoms. The van der Waals surface area contributed by atoms with Crippen molar-refractivity contribution < 1.29 is 10.2 Å². The van der Waals surface area contributed by atoms with Crippen LogP contribution in [0.1, 0.15) is 78.1 Å². The van der Waals surface area contributed by atoms with Crippen LogP contribution in [0.15, 0.2) is 47.6 Å². The lowest BCUT2D eigenvalue weighted by Gasteiger charge is -2.44. The monoisotopic (exact) mass is 396 g/mol. The van der Waals surface area contributed by atoms with Crippen molar-refractivity contribution in [2.45, 2.75) is 90.3 Å². The second-order valence-corrected chi connectivity index (χ2v) is 10.5. The molecule has 0 aliphatic heterocycles. The summed E-state index contributed by atoms with van der Waals surface area (Å²) in [4.78, 5) is 0. The van der Waals surface area contributed by atoms with Crippen LogP contribution in [-0.4, -0.2) is 22.4 Å². The Morgan fingerprint density at radius 2 is 1.83 bits per heavy atom. The van der Waals surface area contributed by atoms with Gasteiger partial charge < -0.3 is 10.2 Å². The van der Waals surface area contributed by atoms with Crippen molar-refractivity contribution in [3.05, 3.63) is 47.6 Å². The van der Waals surface area contributed by atoms with Gasteiger partial charge in [0.25, 0.3) is 0 Å². The van der Waals surface area contributed by atoms with Gasteiger partial charge in [-0.1, -0.05) is 50.3 Å². The van der Waals surface area contributed by atoms with Crippen LogP contribution in [0, 0.1) is 29.1 Å². The van der Waals surface area contributed by atoms with E-state index in [1.807, 2.05) is 0 Å². The summed E-state index contributed by atoms with van der Waals surface area (Å²) in [5.41, 5.74) is 4.18. The lowest BCUT2D eigenvalue weighted by atomic mass is 9.61. The number of allylic oxidation sites excluding steroid dienone is 4. The highest BCUT2D eigenvalue weighted by Crippen LogP contribution is 2.59. The van der Waals surface area contributed by atoms with E-state index in [1.54, 1.807) is 5.57 Å². The molecule has 4 rings (SSSR count). The fourth-order valence-electron chi connectivity index (χ4n) is 6.59. The predicted octanol–water partition coefficient (Wildman–Crippen LogP) is 6.12. The first-order valence-electron chi connectivity index (χ1n) is 12.0. The third-order valence-electron chi connectivity index (χ3n) is 8.63. The molecule has 0 saturated heterocycles. The molecule has 0 aromatic rings. The first kappa shape index (κ1) is 21.1. The number of hydrogen-bond donors (Lipinski definition) is 2. The van der Waals surface area contributed by atoms with Gasteiger partial charge in [0.1, 0.15) is 0 Å². The van der Waals surface area contributed by atoms with Gasteiger partial charge in [-0.2, -0.15) is 0 Å². The maximum atomic E-state index is 10.2. The summed E-state index contributed by atoms with van der Waals surface area (Å²) in [5.74, 6) is 2.45. The van der Waals surface area contributed by atoms with Crippen molar-refractivity contribution in [3.63, 3.8) is 0 Å². The van der Waals surface area contributed by atoms with E-state index in [9.17, 15) is 10.2 Å². The molecule has 2 heteroatoms. The van der Waals surface area contributed by atoms with E-state index in [2.05, 4.69) is 44.7 Å². The highest BCUT2D eigenvalue weighted by molar-refractivity contribution is 5.37. The summed E-state index contributed by atoms with van der Waals surface area (Å²) >= 11 is 0. The number of aliphatic hydroxyl groups is 2. The van der Waals surface area contributed by atoms with Gasteiger partial charge in [-0.25, -0.2) is 0 Å². The number of fused-ring (bicyclic) bond motifs is 1. The van der Waals surface area contributed by atoms with Crippen LogP contribution in [0.3, 0.4) is 0 Å². The van der Waals surface area contributed by atoms with Gasteiger partial charge in [0.05, 0.1) is 12.2 Å². The molecular weight excluding hydrogens is 356 g/mol. The molecule has 4 fully saturated rings. The quantitative estimate of drug-likeness (QED) is 0.550. The van der Waals surface area contributed by atoms with E-state index in [0.29, 0.717) is 29.1 Å². The Hall–Kier alpha value is -1.12. The van der Waals surface area contributed by atoms with Gasteiger partial charge in [-0.15, -0.1) is 0 Å². The Labute approximate surface area is 177 Å². The Kier molecular flexibility index (Phi) is 6.23. The molecule has 0 spiro atoms. The third-order valence-corrected chi connectivity index (χ3v) is 8.63. The Balaban J connectivity index is 1.47. The molecule has 2 unspecified atom stereocenters. The number of hydrogen-bond acceptors (Lipinski definition) is 2. The third kappa shape index (κ3) is 4.35. The minimum atomic E-state index is -0.348. The molecule has 0 radical (unpaired) electrons. The Morgan fingerprint density at radius 3 is 2.59 bits per heavy atom. The molecule has 4 saturated carbocycles. The summed E-state index contributed by atoms with van der Waals surface area (Å²) in [6.45, 7) is 9.02. The van der Waals surface area contributed by atoms with Crippen LogP contribution >= 0.6 is 0 Å². The second-order valence-electron chi connectivity index (χ2n) is 10.5. The Bertz CT molecular complexity index is 710. The summed E-state index contributed by atoms with van der Waals surface area (Å²) in [5, 5.41) is 20.3. The lowest BCUT2D eigenvalue weighted by molar-refractivity contribution is 0.111. The molecule has 0 amide bonds. The van der Waals surface area contributed by atoms with E-state index in [0.717, 1.165) is 24.8 Å². The van der Waals surface area contributed by atoms with Gasteiger partial charge in [0.2, 0.25) is 0 Å². The number of aliphatic hydroxyl groups excluding tert-OH is 2. The summed E-state index contributed by atoms with van der Waals surface area (Å²) in [6, 6.07) is 0. The first-order chi connectivity index (χ1) is 13.9. The topological polar surface area (TPSA) is 40.5 Å². The van der Waals surface area contributed by atoms with Crippen LogP contribution in [0.5, 0.6) is 0 Å². The average molecular weight is 397 g/mol. The molecule has 4 aliphatic carbocycles. The van der Waals surface area contributed by atoms with E-state index in [4.69, 9.17) is 0 Å². The minimum absolute atomic E-state index is 0.227. The first-order valence-corrected chi connectivity index (χ1v) is 12.0. The van der Waals surface area contributed by atoms with Crippen molar-refractivity contribution in [2.75, 3.05) is 0 Å². The molecule has 2 N–H and O–H groups in total. The predicted molar refractivity (Wildman–Crippen MR) is 120 cm³/mol. The zero-order valence-corrected chi connectivity index (χ0v) is 18.4. The molecule has 2 nitrogen and oxygen atoms in total. The normalized spacial score (nSPS) is 40.6. The van der Waals surface area contributed by atoms with Crippen LogP contribution in [-0.2, 0) is 0 Å². The standard InChI is InChI=1S/C27H40O2/c1-18(9-16-26(29)22-12-13-22)23-14-15-24-21(7-5-17-27(23,24)3)11-10-20-6-4-8-25(28)19(20)2/h9-11,16,18,22-26,28-29H,2,4-8,12-15,17H2,1,3H3/b16-9+,20-10-,21-11+/t18-,23?,24?,25+,26-,27-/m1/s1. The highest BCUT2D eigenvalue weighted by Gasteiger charge is 2.50. The van der Waals surface area contributed by atoms with E-state index in [-0.39, 0.29) is 12.2 Å². The molecule has 4 aliphatic rings. The zero-order chi connectivity index (χ0) is 20.6. The highest BCUT2D eigenvalue weighted by atomic mass is 16.3. The van der Waals surface area contributed by atoms with Gasteiger partial charge in [-0.05, 0) is 104 Å². The van der Waals surface area contributed by atoms with Crippen molar-refractivity contribution in [2.24, 2.45) is 29.1 Å². The van der Waals surface area contributed by atoms with Gasteiger partial charge in [-0.3, -0.25) is 0 Å². The van der Waals surface area contributed by atoms with E-state index in [1.165, 1.54) is 50.5 Å². The summed E-state index contributed by atoms with van der Waals surface area (Å²) in [7, 11) is 0. The largest absolute Gasteiger partial charge is 0.389 e. The van der Waals surface area contributed by atoms with Crippen LogP contribution in [0.2, 0.25) is 0 Å². The van der Waals surface area contributed by atoms with Crippen LogP contribution < -0.4 is 0 Å². The van der Waals surface area contributed by atoms with Crippen molar-refractivity contribution in [1.29, 1.82) is 0 Å². The zero-order valence-electron chi connectivity index (χ0n) is 18.4. The van der Waals surface area contributed by atoms with Crippen LogP contribution in [0.4, 0.5) is 0 Å². The second kappa shape index (κ2) is 8.55. The van der Waals surface area contributed by atoms with Gasteiger partial charge >= 0.3 is 0 Å². The molecule has 6 atom stereocenters. The molecule has 0 heterocycles. The molecule has 0 aromatic heterocycles. The molecule has 0 aromatic carbocycles. The Morgan fingerprint density at radius 1 is 1.03 bits per heavy atom. The molecule has 160 valence electrons. The number of rotatable bonds is 5. The van der Waals surface area contributed by atoms with Crippen molar-refractivity contribution in [3.8, 4) is 0 Å². The average Bonchev–Trinajstić information content (AvgIpc) is 3.48. The fraction of sp³-hybridized carbons (Fsp3) is 0.704. The minimum Gasteiger partial charge on any atom is -0.389 e. The SMILES string of the molecule is C=C1/C(=C\C=C2/CCC[C@@]3(C)C2CCC3[C@H](C)/C=C/[C@@H](O)C2CC2)CCC[C@@H]1O. The van der Waals surface area contributed by atoms with E-state index < -0.39 is 0 Å². The lowest BCUT2D eigenvalue weighted by Crippen LogP contribution is -2.35. The fourth-order valence-corrected chi connectivity index (χ4v) is 6.59. The van der Waals surface area contributed by atoms with Gasteiger partial charge in [0, 0.05) is 0 Å². The van der Waals surface area contributed by atoms with Crippen molar-refractivity contribution >= 4 is 0 Å².